The molecule has 5 heteroatoms. The molecule has 86 valence electrons. The lowest BCUT2D eigenvalue weighted by Gasteiger charge is -2.14. The van der Waals surface area contributed by atoms with Gasteiger partial charge in [-0.2, -0.15) is 0 Å². The molecule has 0 atom stereocenters. The summed E-state index contributed by atoms with van der Waals surface area (Å²) in [6.07, 6.45) is 1.56. The van der Waals surface area contributed by atoms with Crippen LogP contribution >= 0.6 is 15.9 Å². The highest BCUT2D eigenvalue weighted by molar-refractivity contribution is 9.10. The van der Waals surface area contributed by atoms with Crippen LogP contribution in [0.4, 0.5) is 0 Å². The molecule has 16 heavy (non-hydrogen) atoms. The molecule has 2 rings (SSSR count). The molecule has 1 aliphatic rings. The second-order valence-corrected chi connectivity index (χ2v) is 4.97. The van der Waals surface area contributed by atoms with Crippen molar-refractivity contribution < 1.29 is 15.0 Å². The van der Waals surface area contributed by atoms with Crippen molar-refractivity contribution in [1.82, 2.24) is 5.32 Å². The first kappa shape index (κ1) is 11.4. The van der Waals surface area contributed by atoms with E-state index in [9.17, 15) is 9.90 Å². The number of phenolic OH excluding ortho intramolecular Hbond substituents is 1. The molecule has 0 unspecified atom stereocenters. The highest BCUT2D eigenvalue weighted by Gasteiger charge is 2.43. The van der Waals surface area contributed by atoms with Crippen molar-refractivity contribution in [3.8, 4) is 5.75 Å². The number of aromatic hydroxyl groups is 1. The van der Waals surface area contributed by atoms with Crippen molar-refractivity contribution in [2.24, 2.45) is 0 Å². The number of halogens is 1. The summed E-state index contributed by atoms with van der Waals surface area (Å²) in [4.78, 5) is 11.8. The van der Waals surface area contributed by atoms with Crippen molar-refractivity contribution in [3.05, 3.63) is 28.2 Å². The van der Waals surface area contributed by atoms with Gasteiger partial charge in [-0.1, -0.05) is 15.9 Å². The van der Waals surface area contributed by atoms with Crippen LogP contribution in [0.1, 0.15) is 23.2 Å². The standard InChI is InChI=1S/C11H12BrNO3/c12-7-1-2-9(15)8(5-7)10(16)13-11(6-14)3-4-11/h1-2,5,14-15H,3-4,6H2,(H,13,16). The Labute approximate surface area is 101 Å². The summed E-state index contributed by atoms with van der Waals surface area (Å²) in [5.41, 5.74) is -0.250. The lowest BCUT2D eigenvalue weighted by molar-refractivity contribution is 0.0904. The molecule has 1 amide bonds. The van der Waals surface area contributed by atoms with Crippen molar-refractivity contribution in [3.63, 3.8) is 0 Å². The normalized spacial score (nSPS) is 16.9. The van der Waals surface area contributed by atoms with E-state index in [4.69, 9.17) is 5.11 Å². The Balaban J connectivity index is 2.17. The molecule has 1 aromatic rings. The fourth-order valence-corrected chi connectivity index (χ4v) is 1.83. The summed E-state index contributed by atoms with van der Waals surface area (Å²) >= 11 is 3.24. The van der Waals surface area contributed by atoms with Crippen LogP contribution in [-0.4, -0.2) is 28.3 Å². The van der Waals surface area contributed by atoms with Crippen molar-refractivity contribution in [2.45, 2.75) is 18.4 Å². The Morgan fingerprint density at radius 2 is 2.19 bits per heavy atom. The zero-order valence-electron chi connectivity index (χ0n) is 8.53. The molecular weight excluding hydrogens is 274 g/mol. The lowest BCUT2D eigenvalue weighted by Crippen LogP contribution is -2.39. The van der Waals surface area contributed by atoms with E-state index in [1.165, 1.54) is 6.07 Å². The number of rotatable bonds is 3. The topological polar surface area (TPSA) is 69.6 Å². The minimum atomic E-state index is -0.466. The molecule has 3 N–H and O–H groups in total. The molecule has 0 bridgehead atoms. The summed E-state index contributed by atoms with van der Waals surface area (Å²) < 4.78 is 0.726. The first-order valence-electron chi connectivity index (χ1n) is 4.98. The van der Waals surface area contributed by atoms with Crippen LogP contribution in [0.25, 0.3) is 0 Å². The molecule has 1 fully saturated rings. The van der Waals surface area contributed by atoms with Crippen molar-refractivity contribution >= 4 is 21.8 Å². The van der Waals surface area contributed by atoms with Gasteiger partial charge in [-0.05, 0) is 31.0 Å². The van der Waals surface area contributed by atoms with E-state index in [2.05, 4.69) is 21.2 Å². The molecule has 0 spiro atoms. The molecule has 4 nitrogen and oxygen atoms in total. The number of aliphatic hydroxyl groups is 1. The largest absolute Gasteiger partial charge is 0.507 e. The number of carbonyl (C=O) groups is 1. The molecule has 0 heterocycles. The van der Waals surface area contributed by atoms with Gasteiger partial charge in [-0.25, -0.2) is 0 Å². The number of hydrogen-bond donors (Lipinski definition) is 3. The quantitative estimate of drug-likeness (QED) is 0.787. The van der Waals surface area contributed by atoms with Crippen LogP contribution in [0.2, 0.25) is 0 Å². The van der Waals surface area contributed by atoms with Gasteiger partial charge in [0.05, 0.1) is 17.7 Å². The summed E-state index contributed by atoms with van der Waals surface area (Å²) in [5, 5.41) is 21.4. The number of phenols is 1. The SMILES string of the molecule is O=C(NC1(CO)CC1)c1cc(Br)ccc1O. The zero-order valence-corrected chi connectivity index (χ0v) is 10.1. The van der Waals surface area contributed by atoms with Gasteiger partial charge in [0.15, 0.2) is 0 Å². The summed E-state index contributed by atoms with van der Waals surface area (Å²) in [6, 6.07) is 4.67. The van der Waals surface area contributed by atoms with Crippen LogP contribution in [0.15, 0.2) is 22.7 Å². The van der Waals surface area contributed by atoms with Gasteiger partial charge in [0.25, 0.3) is 5.91 Å². The van der Waals surface area contributed by atoms with E-state index in [-0.39, 0.29) is 23.8 Å². The van der Waals surface area contributed by atoms with E-state index in [0.29, 0.717) is 0 Å². The number of hydrogen-bond acceptors (Lipinski definition) is 3. The second kappa shape index (κ2) is 4.07. The minimum Gasteiger partial charge on any atom is -0.507 e. The molecule has 0 aromatic heterocycles. The van der Waals surface area contributed by atoms with Gasteiger partial charge in [-0.15, -0.1) is 0 Å². The Hall–Kier alpha value is -1.07. The number of aliphatic hydroxyl groups excluding tert-OH is 1. The summed E-state index contributed by atoms with van der Waals surface area (Å²) in [6.45, 7) is -0.0620. The van der Waals surface area contributed by atoms with Gasteiger partial charge in [0.2, 0.25) is 0 Å². The van der Waals surface area contributed by atoms with E-state index in [1.54, 1.807) is 12.1 Å². The van der Waals surface area contributed by atoms with E-state index < -0.39 is 5.54 Å². The van der Waals surface area contributed by atoms with E-state index in [0.717, 1.165) is 17.3 Å². The van der Waals surface area contributed by atoms with Crippen LogP contribution in [0.3, 0.4) is 0 Å². The number of nitrogens with one attached hydrogen (secondary N) is 1. The number of carbonyl (C=O) groups excluding carboxylic acids is 1. The monoisotopic (exact) mass is 285 g/mol. The molecule has 0 aliphatic heterocycles. The maximum absolute atomic E-state index is 11.8. The fourth-order valence-electron chi connectivity index (χ4n) is 1.47. The maximum Gasteiger partial charge on any atom is 0.255 e. The van der Waals surface area contributed by atoms with Crippen LogP contribution in [-0.2, 0) is 0 Å². The Morgan fingerprint density at radius 3 is 2.75 bits per heavy atom. The molecule has 0 saturated heterocycles. The van der Waals surface area contributed by atoms with Gasteiger partial charge >= 0.3 is 0 Å². The molecule has 1 aromatic carbocycles. The fraction of sp³-hybridized carbons (Fsp3) is 0.364. The maximum atomic E-state index is 11.8. The summed E-state index contributed by atoms with van der Waals surface area (Å²) in [7, 11) is 0. The van der Waals surface area contributed by atoms with E-state index >= 15 is 0 Å². The van der Waals surface area contributed by atoms with Crippen molar-refractivity contribution in [2.75, 3.05) is 6.61 Å². The number of amides is 1. The average Bonchev–Trinajstić information content (AvgIpc) is 3.02. The number of benzene rings is 1. The van der Waals surface area contributed by atoms with Crippen molar-refractivity contribution in [1.29, 1.82) is 0 Å². The highest BCUT2D eigenvalue weighted by atomic mass is 79.9. The predicted molar refractivity (Wildman–Crippen MR) is 62.3 cm³/mol. The molecule has 0 radical (unpaired) electrons. The zero-order chi connectivity index (χ0) is 11.8. The predicted octanol–water partition coefficient (Wildman–Crippen LogP) is 1.41. The Kier molecular flexibility index (Phi) is 2.90. The van der Waals surface area contributed by atoms with E-state index in [1.807, 2.05) is 0 Å². The molecular formula is C11H12BrNO3. The molecule has 1 saturated carbocycles. The lowest BCUT2D eigenvalue weighted by atomic mass is 10.1. The van der Waals surface area contributed by atoms with Crippen LogP contribution in [0, 0.1) is 0 Å². The van der Waals surface area contributed by atoms with Gasteiger partial charge < -0.3 is 15.5 Å². The Morgan fingerprint density at radius 1 is 1.50 bits per heavy atom. The smallest absolute Gasteiger partial charge is 0.255 e. The highest BCUT2D eigenvalue weighted by Crippen LogP contribution is 2.35. The van der Waals surface area contributed by atoms with Crippen LogP contribution in [0.5, 0.6) is 5.75 Å². The van der Waals surface area contributed by atoms with Gasteiger partial charge in [-0.3, -0.25) is 4.79 Å². The second-order valence-electron chi connectivity index (χ2n) is 4.05. The minimum absolute atomic E-state index is 0.0607. The molecule has 1 aliphatic carbocycles. The first-order chi connectivity index (χ1) is 7.56. The Bertz CT molecular complexity index is 429. The third-order valence-electron chi connectivity index (χ3n) is 2.74. The first-order valence-corrected chi connectivity index (χ1v) is 5.77. The van der Waals surface area contributed by atoms with Gasteiger partial charge in [0, 0.05) is 4.47 Å². The third-order valence-corrected chi connectivity index (χ3v) is 3.23. The third kappa shape index (κ3) is 2.20. The average molecular weight is 286 g/mol. The van der Waals surface area contributed by atoms with Crippen LogP contribution < -0.4 is 5.32 Å². The van der Waals surface area contributed by atoms with Gasteiger partial charge in [0.1, 0.15) is 5.75 Å². The summed E-state index contributed by atoms with van der Waals surface area (Å²) in [5.74, 6) is -0.417.